The van der Waals surface area contributed by atoms with Gasteiger partial charge in [-0.15, -0.1) is 0 Å². The number of anilines is 3. The molecule has 0 N–H and O–H groups in total. The zero-order chi connectivity index (χ0) is 33.5. The number of nitrogens with zero attached hydrogens (tertiary/aromatic N) is 2. The first-order chi connectivity index (χ1) is 25.3. The molecule has 0 aliphatic carbocycles. The monoisotopic (exact) mass is 650 g/mol. The van der Waals surface area contributed by atoms with Crippen molar-refractivity contribution in [3.63, 3.8) is 0 Å². The van der Waals surface area contributed by atoms with Crippen molar-refractivity contribution in [2.75, 3.05) is 4.90 Å². The molecule has 0 radical (unpaired) electrons. The van der Waals surface area contributed by atoms with Crippen LogP contribution in [0.3, 0.4) is 0 Å². The first-order valence-corrected chi connectivity index (χ1v) is 17.4. The number of aromatic nitrogens is 1. The lowest BCUT2D eigenvalue weighted by Crippen LogP contribution is -2.10. The van der Waals surface area contributed by atoms with Crippen LogP contribution in [0.2, 0.25) is 0 Å². The van der Waals surface area contributed by atoms with Crippen molar-refractivity contribution in [3.05, 3.63) is 182 Å². The van der Waals surface area contributed by atoms with E-state index in [4.69, 9.17) is 4.42 Å². The van der Waals surface area contributed by atoms with Crippen LogP contribution in [0, 0.1) is 0 Å². The predicted octanol–water partition coefficient (Wildman–Crippen LogP) is 13.6. The summed E-state index contributed by atoms with van der Waals surface area (Å²) in [5.74, 6) is 0. The van der Waals surface area contributed by atoms with Crippen molar-refractivity contribution in [2.24, 2.45) is 0 Å². The van der Waals surface area contributed by atoms with Gasteiger partial charge in [-0.1, -0.05) is 121 Å². The van der Waals surface area contributed by atoms with Gasteiger partial charge in [-0.3, -0.25) is 0 Å². The van der Waals surface area contributed by atoms with Crippen molar-refractivity contribution in [1.82, 2.24) is 4.57 Å². The first kappa shape index (κ1) is 28.0. The zero-order valence-corrected chi connectivity index (χ0v) is 27.6. The molecule has 0 saturated carbocycles. The summed E-state index contributed by atoms with van der Waals surface area (Å²) >= 11 is 0. The Balaban J connectivity index is 1.22. The van der Waals surface area contributed by atoms with Crippen LogP contribution < -0.4 is 4.90 Å². The number of furan rings is 1. The molecule has 11 rings (SSSR count). The smallest absolute Gasteiger partial charge is 0.135 e. The Morgan fingerprint density at radius 3 is 1.88 bits per heavy atom. The molecular weight excluding hydrogens is 621 g/mol. The van der Waals surface area contributed by atoms with Gasteiger partial charge < -0.3 is 13.9 Å². The molecule has 0 unspecified atom stereocenters. The molecule has 2 heterocycles. The minimum absolute atomic E-state index is 0.885. The highest BCUT2D eigenvalue weighted by molar-refractivity contribution is 6.20. The highest BCUT2D eigenvalue weighted by Gasteiger charge is 2.21. The fourth-order valence-corrected chi connectivity index (χ4v) is 8.27. The van der Waals surface area contributed by atoms with Crippen molar-refractivity contribution >= 4 is 93.1 Å². The minimum Gasteiger partial charge on any atom is -0.456 e. The van der Waals surface area contributed by atoms with E-state index in [0.29, 0.717) is 0 Å². The second kappa shape index (κ2) is 10.8. The third-order valence-corrected chi connectivity index (χ3v) is 10.5. The van der Waals surface area contributed by atoms with Crippen LogP contribution in [-0.4, -0.2) is 4.57 Å². The molecule has 2 aromatic heterocycles. The molecule has 0 aliphatic heterocycles. The number of fused-ring (bicyclic) bond motifs is 11. The van der Waals surface area contributed by atoms with Crippen LogP contribution in [0.15, 0.2) is 186 Å². The summed E-state index contributed by atoms with van der Waals surface area (Å²) in [6.45, 7) is 0. The Morgan fingerprint density at radius 1 is 0.353 bits per heavy atom. The summed E-state index contributed by atoms with van der Waals surface area (Å²) in [7, 11) is 0. The molecule has 3 nitrogen and oxygen atoms in total. The van der Waals surface area contributed by atoms with Crippen LogP contribution in [0.5, 0.6) is 0 Å². The summed E-state index contributed by atoms with van der Waals surface area (Å²) < 4.78 is 8.68. The average Bonchev–Trinajstić information content (AvgIpc) is 3.73. The molecule has 0 bridgehead atoms. The SMILES string of the molecule is c1ccc(-n2c3ccccc3c3ccc(N(c4ccc5oc6ccccc6c5c4)c4cccc5c4ccc4c6ccccc6ccc54)cc32)cc1. The third-order valence-electron chi connectivity index (χ3n) is 10.5. The summed E-state index contributed by atoms with van der Waals surface area (Å²) in [5.41, 5.74) is 8.56. The lowest BCUT2D eigenvalue weighted by molar-refractivity contribution is 0.669. The van der Waals surface area contributed by atoms with E-state index in [1.165, 1.54) is 48.6 Å². The van der Waals surface area contributed by atoms with Gasteiger partial charge in [0.25, 0.3) is 0 Å². The van der Waals surface area contributed by atoms with Crippen LogP contribution in [0.1, 0.15) is 0 Å². The van der Waals surface area contributed by atoms with Crippen LogP contribution in [0.25, 0.3) is 81.7 Å². The van der Waals surface area contributed by atoms with Gasteiger partial charge in [0, 0.05) is 44.0 Å². The summed E-state index contributed by atoms with van der Waals surface area (Å²) in [6.07, 6.45) is 0. The van der Waals surface area contributed by atoms with Gasteiger partial charge in [-0.05, 0) is 87.6 Å². The maximum atomic E-state index is 6.29. The zero-order valence-electron chi connectivity index (χ0n) is 27.6. The largest absolute Gasteiger partial charge is 0.456 e. The molecule has 0 atom stereocenters. The van der Waals surface area contributed by atoms with E-state index in [2.05, 4.69) is 179 Å². The molecular formula is C48H30N2O. The van der Waals surface area contributed by atoms with Crippen molar-refractivity contribution in [1.29, 1.82) is 0 Å². The van der Waals surface area contributed by atoms with Gasteiger partial charge in [0.1, 0.15) is 11.2 Å². The third kappa shape index (κ3) is 4.19. The van der Waals surface area contributed by atoms with Gasteiger partial charge in [-0.25, -0.2) is 0 Å². The van der Waals surface area contributed by atoms with Crippen molar-refractivity contribution in [2.45, 2.75) is 0 Å². The number of hydrogen-bond acceptors (Lipinski definition) is 2. The molecule has 0 saturated heterocycles. The van der Waals surface area contributed by atoms with E-state index in [0.717, 1.165) is 50.2 Å². The fraction of sp³-hybridized carbons (Fsp3) is 0. The molecule has 11 aromatic rings. The van der Waals surface area contributed by atoms with E-state index in [9.17, 15) is 0 Å². The number of rotatable bonds is 4. The van der Waals surface area contributed by atoms with Crippen LogP contribution in [0.4, 0.5) is 17.1 Å². The molecule has 51 heavy (non-hydrogen) atoms. The molecule has 9 aromatic carbocycles. The maximum Gasteiger partial charge on any atom is 0.135 e. The van der Waals surface area contributed by atoms with E-state index < -0.39 is 0 Å². The molecule has 0 fully saturated rings. The van der Waals surface area contributed by atoms with Crippen LogP contribution >= 0.6 is 0 Å². The lowest BCUT2D eigenvalue weighted by Gasteiger charge is -2.27. The second-order valence-corrected chi connectivity index (χ2v) is 13.3. The Bertz CT molecular complexity index is 3150. The van der Waals surface area contributed by atoms with E-state index in [-0.39, 0.29) is 0 Å². The number of hydrogen-bond donors (Lipinski definition) is 0. The minimum atomic E-state index is 0.885. The fourth-order valence-electron chi connectivity index (χ4n) is 8.27. The molecule has 0 amide bonds. The highest BCUT2D eigenvalue weighted by atomic mass is 16.3. The quantitative estimate of drug-likeness (QED) is 0.177. The molecule has 0 spiro atoms. The van der Waals surface area contributed by atoms with E-state index in [1.54, 1.807) is 0 Å². The van der Waals surface area contributed by atoms with E-state index in [1.807, 2.05) is 12.1 Å². The van der Waals surface area contributed by atoms with Gasteiger partial charge in [0.15, 0.2) is 0 Å². The Morgan fingerprint density at radius 2 is 0.961 bits per heavy atom. The number of benzene rings is 9. The predicted molar refractivity (Wildman–Crippen MR) is 215 cm³/mol. The molecule has 0 aliphatic rings. The van der Waals surface area contributed by atoms with Gasteiger partial charge >= 0.3 is 0 Å². The molecule has 238 valence electrons. The standard InChI is InChI=1S/C48H30N2O/c1-2-12-32(13-3-1)50-45-18-8-6-15-39(45)41-25-22-34(30-46(41)50)49(33-23-28-48-43(29-33)42-16-7-9-20-47(42)51-48)44-19-10-17-36-38-24-21-31-11-4-5-14-35(31)37(38)26-27-40(36)44/h1-30H. The van der Waals surface area contributed by atoms with Gasteiger partial charge in [0.05, 0.1) is 16.7 Å². The topological polar surface area (TPSA) is 21.3 Å². The van der Waals surface area contributed by atoms with Gasteiger partial charge in [0.2, 0.25) is 0 Å². The number of para-hydroxylation sites is 3. The summed E-state index contributed by atoms with van der Waals surface area (Å²) in [6, 6.07) is 65.7. The second-order valence-electron chi connectivity index (χ2n) is 13.3. The molecule has 3 heteroatoms. The average molecular weight is 651 g/mol. The van der Waals surface area contributed by atoms with Crippen molar-refractivity contribution in [3.8, 4) is 5.69 Å². The normalized spacial score (nSPS) is 11.9. The lowest BCUT2D eigenvalue weighted by atomic mass is 9.96. The van der Waals surface area contributed by atoms with Gasteiger partial charge in [-0.2, -0.15) is 0 Å². The highest BCUT2D eigenvalue weighted by Crippen LogP contribution is 2.45. The Hall–Kier alpha value is -6.84. The summed E-state index contributed by atoms with van der Waals surface area (Å²) in [5, 5.41) is 12.2. The summed E-state index contributed by atoms with van der Waals surface area (Å²) in [4.78, 5) is 2.42. The van der Waals surface area contributed by atoms with E-state index >= 15 is 0 Å². The first-order valence-electron chi connectivity index (χ1n) is 17.4. The Labute approximate surface area is 293 Å². The Kier molecular flexibility index (Phi) is 5.96. The van der Waals surface area contributed by atoms with Crippen LogP contribution in [-0.2, 0) is 0 Å². The maximum absolute atomic E-state index is 6.29. The van der Waals surface area contributed by atoms with Crippen molar-refractivity contribution < 1.29 is 4.42 Å².